The Balaban J connectivity index is 2.62. The number of rotatable bonds is 10. The van der Waals surface area contributed by atoms with E-state index in [1.54, 1.807) is 12.1 Å². The van der Waals surface area contributed by atoms with Crippen molar-refractivity contribution in [3.63, 3.8) is 0 Å². The number of hydrogen-bond donors (Lipinski definition) is 2. The van der Waals surface area contributed by atoms with Crippen LogP contribution in [0.5, 0.6) is 0 Å². The lowest BCUT2D eigenvalue weighted by molar-refractivity contribution is 0.133. The summed E-state index contributed by atoms with van der Waals surface area (Å²) in [4.78, 5) is 0.193. The molecule has 6 heteroatoms. The van der Waals surface area contributed by atoms with E-state index in [-0.39, 0.29) is 11.5 Å². The van der Waals surface area contributed by atoms with E-state index >= 15 is 0 Å². The van der Waals surface area contributed by atoms with E-state index < -0.39 is 10.0 Å². The molecule has 0 fully saturated rings. The van der Waals surface area contributed by atoms with Gasteiger partial charge in [0.25, 0.3) is 0 Å². The standard InChI is InChI=1S/C15H25NO4S/c1-3-9-20-10-5-8-16-21(18,19)15-7-6-13(4-2)14(11-15)12-17/h6-7,11,16-17H,3-5,8-10,12H2,1-2H3. The van der Waals surface area contributed by atoms with Crippen molar-refractivity contribution in [3.8, 4) is 0 Å². The van der Waals surface area contributed by atoms with Crippen LogP contribution in [0.4, 0.5) is 0 Å². The first-order valence-corrected chi connectivity index (χ1v) is 8.83. The Hall–Kier alpha value is -0.950. The van der Waals surface area contributed by atoms with Gasteiger partial charge in [-0.3, -0.25) is 0 Å². The van der Waals surface area contributed by atoms with E-state index in [1.165, 1.54) is 6.07 Å². The Labute approximate surface area is 127 Å². The first kappa shape index (κ1) is 18.1. The normalized spacial score (nSPS) is 11.8. The van der Waals surface area contributed by atoms with Crippen molar-refractivity contribution in [2.24, 2.45) is 0 Å². The minimum Gasteiger partial charge on any atom is -0.392 e. The van der Waals surface area contributed by atoms with Crippen molar-refractivity contribution < 1.29 is 18.3 Å². The first-order valence-electron chi connectivity index (χ1n) is 7.35. The largest absolute Gasteiger partial charge is 0.392 e. The fourth-order valence-electron chi connectivity index (χ4n) is 1.97. The van der Waals surface area contributed by atoms with Crippen LogP contribution in [0.2, 0.25) is 0 Å². The molecule has 0 aliphatic rings. The summed E-state index contributed by atoms with van der Waals surface area (Å²) in [6.45, 7) is 5.43. The average Bonchev–Trinajstić information content (AvgIpc) is 2.49. The van der Waals surface area contributed by atoms with Gasteiger partial charge in [-0.05, 0) is 42.5 Å². The fourth-order valence-corrected chi connectivity index (χ4v) is 3.10. The monoisotopic (exact) mass is 315 g/mol. The van der Waals surface area contributed by atoms with Crippen molar-refractivity contribution in [1.29, 1.82) is 0 Å². The van der Waals surface area contributed by atoms with Gasteiger partial charge in [-0.25, -0.2) is 13.1 Å². The number of nitrogens with one attached hydrogen (secondary N) is 1. The molecule has 1 aromatic carbocycles. The molecule has 0 saturated carbocycles. The molecule has 0 atom stereocenters. The molecule has 120 valence electrons. The third kappa shape index (κ3) is 5.74. The second kappa shape index (κ2) is 9.15. The molecule has 0 radical (unpaired) electrons. The van der Waals surface area contributed by atoms with Crippen LogP contribution in [0.3, 0.4) is 0 Å². The highest BCUT2D eigenvalue weighted by Crippen LogP contribution is 2.16. The smallest absolute Gasteiger partial charge is 0.240 e. The lowest BCUT2D eigenvalue weighted by Gasteiger charge is -2.10. The maximum Gasteiger partial charge on any atom is 0.240 e. The highest BCUT2D eigenvalue weighted by Gasteiger charge is 2.15. The van der Waals surface area contributed by atoms with Crippen molar-refractivity contribution in [2.75, 3.05) is 19.8 Å². The fraction of sp³-hybridized carbons (Fsp3) is 0.600. The molecule has 0 spiro atoms. The van der Waals surface area contributed by atoms with Crippen LogP contribution < -0.4 is 4.72 Å². The second-order valence-corrected chi connectivity index (χ2v) is 6.57. The van der Waals surface area contributed by atoms with Crippen LogP contribution in [0.1, 0.15) is 37.8 Å². The molecule has 0 unspecified atom stereocenters. The number of aliphatic hydroxyl groups excluding tert-OH is 1. The molecule has 0 amide bonds. The van der Waals surface area contributed by atoms with Gasteiger partial charge in [0.05, 0.1) is 11.5 Å². The SMILES string of the molecule is CCCOCCCNS(=O)(=O)c1ccc(CC)c(CO)c1. The highest BCUT2D eigenvalue weighted by molar-refractivity contribution is 7.89. The summed E-state index contributed by atoms with van der Waals surface area (Å²) < 4.78 is 32.2. The molecule has 0 aromatic heterocycles. The molecule has 5 nitrogen and oxygen atoms in total. The predicted molar refractivity (Wildman–Crippen MR) is 82.7 cm³/mol. The Bertz CT molecular complexity index is 528. The number of ether oxygens (including phenoxy) is 1. The molecule has 2 N–H and O–H groups in total. The molecule has 1 rings (SSSR count). The topological polar surface area (TPSA) is 75.6 Å². The molecule has 0 bridgehead atoms. The Morgan fingerprint density at radius 1 is 1.19 bits per heavy atom. The maximum atomic E-state index is 12.2. The van der Waals surface area contributed by atoms with Gasteiger partial charge in [0.2, 0.25) is 10.0 Å². The highest BCUT2D eigenvalue weighted by atomic mass is 32.2. The van der Waals surface area contributed by atoms with Crippen LogP contribution in [0.15, 0.2) is 23.1 Å². The number of hydrogen-bond acceptors (Lipinski definition) is 4. The third-order valence-electron chi connectivity index (χ3n) is 3.15. The Morgan fingerprint density at radius 2 is 1.95 bits per heavy atom. The Kier molecular flexibility index (Phi) is 7.88. The van der Waals surface area contributed by atoms with Crippen molar-refractivity contribution >= 4 is 10.0 Å². The molecular weight excluding hydrogens is 290 g/mol. The summed E-state index contributed by atoms with van der Waals surface area (Å²) in [6, 6.07) is 4.87. The Morgan fingerprint density at radius 3 is 2.57 bits per heavy atom. The van der Waals surface area contributed by atoms with Gasteiger partial charge in [-0.2, -0.15) is 0 Å². The minimum absolute atomic E-state index is 0.155. The zero-order chi connectivity index (χ0) is 15.7. The van der Waals surface area contributed by atoms with Crippen LogP contribution in [-0.2, 0) is 27.8 Å². The lowest BCUT2D eigenvalue weighted by atomic mass is 10.1. The van der Waals surface area contributed by atoms with E-state index in [9.17, 15) is 13.5 Å². The zero-order valence-electron chi connectivity index (χ0n) is 12.8. The van der Waals surface area contributed by atoms with Gasteiger partial charge in [0.15, 0.2) is 0 Å². The van der Waals surface area contributed by atoms with E-state index in [2.05, 4.69) is 4.72 Å². The summed E-state index contributed by atoms with van der Waals surface area (Å²) in [5.74, 6) is 0. The van der Waals surface area contributed by atoms with Crippen LogP contribution >= 0.6 is 0 Å². The number of benzene rings is 1. The van der Waals surface area contributed by atoms with Gasteiger partial charge in [-0.1, -0.05) is 19.9 Å². The number of sulfonamides is 1. The van der Waals surface area contributed by atoms with Crippen molar-refractivity contribution in [1.82, 2.24) is 4.72 Å². The molecule has 21 heavy (non-hydrogen) atoms. The molecule has 0 aliphatic heterocycles. The van der Waals surface area contributed by atoms with Crippen molar-refractivity contribution in [3.05, 3.63) is 29.3 Å². The zero-order valence-corrected chi connectivity index (χ0v) is 13.6. The van der Waals surface area contributed by atoms with Crippen molar-refractivity contribution in [2.45, 2.75) is 44.6 Å². The molecule has 1 aromatic rings. The van der Waals surface area contributed by atoms with Crippen LogP contribution in [0, 0.1) is 0 Å². The summed E-state index contributed by atoms with van der Waals surface area (Å²) in [6.07, 6.45) is 2.36. The van der Waals surface area contributed by atoms with Gasteiger partial charge >= 0.3 is 0 Å². The van der Waals surface area contributed by atoms with E-state index in [4.69, 9.17) is 4.74 Å². The van der Waals surface area contributed by atoms with Gasteiger partial charge in [-0.15, -0.1) is 0 Å². The first-order chi connectivity index (χ1) is 10.0. The number of aryl methyl sites for hydroxylation is 1. The molecular formula is C15H25NO4S. The molecule has 0 aliphatic carbocycles. The predicted octanol–water partition coefficient (Wildman–Crippen LogP) is 1.84. The summed E-state index contributed by atoms with van der Waals surface area (Å²) in [5.41, 5.74) is 1.62. The van der Waals surface area contributed by atoms with E-state index in [0.717, 1.165) is 18.4 Å². The molecule has 0 saturated heterocycles. The molecule has 0 heterocycles. The quantitative estimate of drug-likeness (QED) is 0.646. The maximum absolute atomic E-state index is 12.2. The van der Waals surface area contributed by atoms with Crippen LogP contribution in [0.25, 0.3) is 0 Å². The average molecular weight is 315 g/mol. The second-order valence-electron chi connectivity index (χ2n) is 4.81. The number of aliphatic hydroxyl groups is 1. The summed E-state index contributed by atoms with van der Waals surface area (Å²) in [7, 11) is -3.53. The third-order valence-corrected chi connectivity index (χ3v) is 4.60. The van der Waals surface area contributed by atoms with Gasteiger partial charge < -0.3 is 9.84 Å². The summed E-state index contributed by atoms with van der Waals surface area (Å²) >= 11 is 0. The van der Waals surface area contributed by atoms with Gasteiger partial charge in [0, 0.05) is 19.8 Å². The van der Waals surface area contributed by atoms with Gasteiger partial charge in [0.1, 0.15) is 0 Å². The van der Waals surface area contributed by atoms with E-state index in [0.29, 0.717) is 31.7 Å². The summed E-state index contributed by atoms with van der Waals surface area (Å²) in [5, 5.41) is 9.30. The van der Waals surface area contributed by atoms with Crippen LogP contribution in [-0.4, -0.2) is 33.3 Å². The van der Waals surface area contributed by atoms with E-state index in [1.807, 2.05) is 13.8 Å². The lowest BCUT2D eigenvalue weighted by Crippen LogP contribution is -2.25. The minimum atomic E-state index is -3.53.